The lowest BCUT2D eigenvalue weighted by atomic mass is 10.0. The average Bonchev–Trinajstić information content (AvgIpc) is 2.60. The van der Waals surface area contributed by atoms with Crippen molar-refractivity contribution in [1.82, 2.24) is 5.32 Å². The van der Waals surface area contributed by atoms with Gasteiger partial charge in [-0.05, 0) is 0 Å². The third kappa shape index (κ3) is 3.15. The predicted molar refractivity (Wildman–Crippen MR) is 48.9 cm³/mol. The molecule has 2 unspecified atom stereocenters. The molecular weight excluding hydrogens is 204 g/mol. The minimum atomic E-state index is -1.59. The molecular formula is C8H14N2O5. The number of carboxylic acid groups (broad SMARTS) is 1. The summed E-state index contributed by atoms with van der Waals surface area (Å²) in [6.45, 7) is 0.229. The van der Waals surface area contributed by atoms with Crippen molar-refractivity contribution in [3.8, 4) is 0 Å². The first-order chi connectivity index (χ1) is 7.02. The summed E-state index contributed by atoms with van der Waals surface area (Å²) in [6, 6.07) is -0.369. The molecule has 86 valence electrons. The van der Waals surface area contributed by atoms with Crippen LogP contribution in [0.15, 0.2) is 0 Å². The number of carbonyl (C=O) groups is 2. The van der Waals surface area contributed by atoms with Crippen molar-refractivity contribution >= 4 is 11.9 Å². The molecule has 1 amide bonds. The van der Waals surface area contributed by atoms with Gasteiger partial charge in [-0.15, -0.1) is 0 Å². The summed E-state index contributed by atoms with van der Waals surface area (Å²) in [5.74, 6) is -2.23. The van der Waals surface area contributed by atoms with Crippen LogP contribution < -0.4 is 11.1 Å². The van der Waals surface area contributed by atoms with Crippen LogP contribution in [0.5, 0.6) is 0 Å². The van der Waals surface area contributed by atoms with Crippen LogP contribution in [0.3, 0.4) is 0 Å². The number of carboxylic acids is 1. The van der Waals surface area contributed by atoms with Gasteiger partial charge in [0, 0.05) is 6.04 Å². The summed E-state index contributed by atoms with van der Waals surface area (Å²) >= 11 is 0. The van der Waals surface area contributed by atoms with Crippen molar-refractivity contribution < 1.29 is 24.5 Å². The molecule has 1 heterocycles. The lowest BCUT2D eigenvalue weighted by Crippen LogP contribution is -2.44. The molecule has 0 aliphatic carbocycles. The van der Waals surface area contributed by atoms with E-state index in [4.69, 9.17) is 20.7 Å². The van der Waals surface area contributed by atoms with Crippen molar-refractivity contribution in [3.05, 3.63) is 0 Å². The fraction of sp³-hybridized carbons (Fsp3) is 0.750. The van der Waals surface area contributed by atoms with Gasteiger partial charge in [0.2, 0.25) is 5.91 Å². The number of aliphatic hydroxyl groups excluding tert-OH is 1. The molecule has 1 saturated heterocycles. The van der Waals surface area contributed by atoms with Gasteiger partial charge in [0.05, 0.1) is 25.7 Å². The zero-order valence-corrected chi connectivity index (χ0v) is 8.05. The van der Waals surface area contributed by atoms with Crippen LogP contribution in [-0.2, 0) is 14.3 Å². The number of ether oxygens (including phenoxy) is 1. The molecule has 15 heavy (non-hydrogen) atoms. The van der Waals surface area contributed by atoms with E-state index in [0.717, 1.165) is 0 Å². The van der Waals surface area contributed by atoms with Gasteiger partial charge < -0.3 is 26.0 Å². The molecule has 0 bridgehead atoms. The van der Waals surface area contributed by atoms with Gasteiger partial charge in [0.25, 0.3) is 0 Å². The highest BCUT2D eigenvalue weighted by Crippen LogP contribution is 2.11. The molecule has 1 aliphatic heterocycles. The highest BCUT2D eigenvalue weighted by Gasteiger charge is 2.31. The minimum absolute atomic E-state index is 0.232. The van der Waals surface area contributed by atoms with Gasteiger partial charge in [0.15, 0.2) is 6.10 Å². The zero-order valence-electron chi connectivity index (χ0n) is 8.05. The maximum absolute atomic E-state index is 11.4. The van der Waals surface area contributed by atoms with Crippen LogP contribution in [0.4, 0.5) is 0 Å². The van der Waals surface area contributed by atoms with Crippen LogP contribution >= 0.6 is 0 Å². The average molecular weight is 218 g/mol. The van der Waals surface area contributed by atoms with Gasteiger partial charge >= 0.3 is 5.97 Å². The first kappa shape index (κ1) is 11.9. The Labute approximate surface area is 86.2 Å². The number of hydrogen-bond donors (Lipinski definition) is 4. The van der Waals surface area contributed by atoms with Crippen molar-refractivity contribution in [1.29, 1.82) is 0 Å². The fourth-order valence-corrected chi connectivity index (χ4v) is 1.26. The summed E-state index contributed by atoms with van der Waals surface area (Å²) in [5.41, 5.74) is 5.58. The molecule has 5 N–H and O–H groups in total. The van der Waals surface area contributed by atoms with E-state index >= 15 is 0 Å². The topological polar surface area (TPSA) is 122 Å². The summed E-state index contributed by atoms with van der Waals surface area (Å²) in [6.07, 6.45) is -1.59. The number of carbonyl (C=O) groups excluding carboxylic acids is 1. The summed E-state index contributed by atoms with van der Waals surface area (Å²) < 4.78 is 4.98. The minimum Gasteiger partial charge on any atom is -0.479 e. The number of rotatable bonds is 4. The lowest BCUT2D eigenvalue weighted by molar-refractivity contribution is -0.146. The van der Waals surface area contributed by atoms with E-state index in [9.17, 15) is 9.59 Å². The van der Waals surface area contributed by atoms with Crippen molar-refractivity contribution in [2.75, 3.05) is 19.8 Å². The Morgan fingerprint density at radius 1 is 1.53 bits per heavy atom. The van der Waals surface area contributed by atoms with E-state index in [1.807, 2.05) is 0 Å². The number of aliphatic hydroxyl groups is 1. The van der Waals surface area contributed by atoms with Gasteiger partial charge in [-0.2, -0.15) is 0 Å². The molecule has 0 spiro atoms. The maximum atomic E-state index is 11.4. The SMILES string of the molecule is NC1COCC1C(=O)NC[C@H](O)C(=O)O. The van der Waals surface area contributed by atoms with Gasteiger partial charge in [-0.1, -0.05) is 0 Å². The summed E-state index contributed by atoms with van der Waals surface area (Å²) in [7, 11) is 0. The van der Waals surface area contributed by atoms with E-state index in [-0.39, 0.29) is 25.1 Å². The molecule has 1 fully saturated rings. The molecule has 3 atom stereocenters. The smallest absolute Gasteiger partial charge is 0.334 e. The van der Waals surface area contributed by atoms with Crippen LogP contribution in [0.1, 0.15) is 0 Å². The van der Waals surface area contributed by atoms with E-state index in [1.54, 1.807) is 0 Å². The number of amides is 1. The molecule has 0 aromatic heterocycles. The Bertz CT molecular complexity index is 257. The monoisotopic (exact) mass is 218 g/mol. The Morgan fingerprint density at radius 3 is 2.67 bits per heavy atom. The summed E-state index contributed by atoms with van der Waals surface area (Å²) in [4.78, 5) is 21.7. The maximum Gasteiger partial charge on any atom is 0.334 e. The molecule has 0 radical (unpaired) electrons. The molecule has 1 aliphatic rings. The predicted octanol–water partition coefficient (Wildman–Crippen LogP) is -2.48. The molecule has 0 aromatic rings. The van der Waals surface area contributed by atoms with E-state index in [2.05, 4.69) is 5.32 Å². The van der Waals surface area contributed by atoms with Crippen LogP contribution in [0.2, 0.25) is 0 Å². The highest BCUT2D eigenvalue weighted by atomic mass is 16.5. The molecule has 1 rings (SSSR count). The first-order valence-electron chi connectivity index (χ1n) is 4.54. The van der Waals surface area contributed by atoms with Gasteiger partial charge in [-0.3, -0.25) is 4.79 Å². The molecule has 0 saturated carbocycles. The number of nitrogens with two attached hydrogens (primary N) is 1. The third-order valence-electron chi connectivity index (χ3n) is 2.22. The van der Waals surface area contributed by atoms with Crippen molar-refractivity contribution in [2.45, 2.75) is 12.1 Å². The van der Waals surface area contributed by atoms with Gasteiger partial charge in [-0.25, -0.2) is 4.79 Å². The van der Waals surface area contributed by atoms with Crippen LogP contribution in [0.25, 0.3) is 0 Å². The Balaban J connectivity index is 2.32. The lowest BCUT2D eigenvalue weighted by Gasteiger charge is -2.14. The second-order valence-electron chi connectivity index (χ2n) is 3.41. The number of aliphatic carboxylic acids is 1. The van der Waals surface area contributed by atoms with Crippen LogP contribution in [-0.4, -0.2) is 54.0 Å². The van der Waals surface area contributed by atoms with Crippen LogP contribution in [0, 0.1) is 5.92 Å². The largest absolute Gasteiger partial charge is 0.479 e. The number of nitrogens with one attached hydrogen (secondary N) is 1. The Morgan fingerprint density at radius 2 is 2.20 bits per heavy atom. The van der Waals surface area contributed by atoms with Crippen molar-refractivity contribution in [3.63, 3.8) is 0 Å². The Hall–Kier alpha value is -1.18. The van der Waals surface area contributed by atoms with Gasteiger partial charge in [0.1, 0.15) is 0 Å². The molecule has 7 heteroatoms. The van der Waals surface area contributed by atoms with Crippen molar-refractivity contribution in [2.24, 2.45) is 11.7 Å². The second kappa shape index (κ2) is 5.06. The fourth-order valence-electron chi connectivity index (χ4n) is 1.26. The molecule has 7 nitrogen and oxygen atoms in total. The van der Waals surface area contributed by atoms with E-state index in [1.165, 1.54) is 0 Å². The second-order valence-corrected chi connectivity index (χ2v) is 3.41. The standard InChI is InChI=1S/C8H14N2O5/c9-5-3-15-2-4(5)7(12)10-1-6(11)8(13)14/h4-6,11H,1-3,9H2,(H,10,12)(H,13,14)/t4?,5?,6-/m0/s1. The quantitative estimate of drug-likeness (QED) is 0.414. The van der Waals surface area contributed by atoms with E-state index < -0.39 is 18.0 Å². The third-order valence-corrected chi connectivity index (χ3v) is 2.22. The number of hydrogen-bond acceptors (Lipinski definition) is 5. The summed E-state index contributed by atoms with van der Waals surface area (Å²) in [5, 5.41) is 19.6. The zero-order chi connectivity index (χ0) is 11.4. The highest BCUT2D eigenvalue weighted by molar-refractivity contribution is 5.81. The Kier molecular flexibility index (Phi) is 4.01. The first-order valence-corrected chi connectivity index (χ1v) is 4.54. The van der Waals surface area contributed by atoms with E-state index in [0.29, 0.717) is 6.61 Å². The molecule has 0 aromatic carbocycles. The normalized spacial score (nSPS) is 27.3.